The summed E-state index contributed by atoms with van der Waals surface area (Å²) >= 11 is 12.2. The number of aliphatic hydroxyl groups excluding tert-OH is 1. The molecule has 7 nitrogen and oxygen atoms in total. The first-order valence-corrected chi connectivity index (χ1v) is 11.2. The quantitative estimate of drug-likeness (QED) is 0.459. The molecule has 0 bridgehead atoms. The molecule has 3 aromatic carbocycles. The minimum atomic E-state index is -0.704. The van der Waals surface area contributed by atoms with E-state index < -0.39 is 11.8 Å². The fourth-order valence-electron chi connectivity index (χ4n) is 3.95. The molecule has 1 atom stereocenters. The van der Waals surface area contributed by atoms with E-state index in [1.54, 1.807) is 48.5 Å². The number of rotatable bonds is 9. The van der Waals surface area contributed by atoms with Crippen LogP contribution in [0.5, 0.6) is 5.75 Å². The van der Waals surface area contributed by atoms with E-state index in [1.807, 2.05) is 0 Å². The van der Waals surface area contributed by atoms with Crippen molar-refractivity contribution < 1.29 is 19.4 Å². The molecule has 0 saturated heterocycles. The number of carbonyl (C=O) groups is 2. The minimum Gasteiger partial charge on any atom is -0.495 e. The normalized spacial score (nSPS) is 11.6. The SMILES string of the molecule is COc1c(C#N)cc2ccccc2c1C(=O)N(CC(N)=O)C[C@@H](CCO)c1ccc(Cl)c(Cl)c1. The Morgan fingerprint density at radius 3 is 2.53 bits per heavy atom. The third-order valence-electron chi connectivity index (χ3n) is 5.51. The van der Waals surface area contributed by atoms with E-state index in [0.717, 1.165) is 5.56 Å². The van der Waals surface area contributed by atoms with Crippen LogP contribution < -0.4 is 10.5 Å². The summed E-state index contributed by atoms with van der Waals surface area (Å²) in [5.74, 6) is -1.47. The van der Waals surface area contributed by atoms with Crippen molar-refractivity contribution >= 4 is 45.8 Å². The summed E-state index contributed by atoms with van der Waals surface area (Å²) in [6.07, 6.45) is 0.302. The number of benzene rings is 3. The van der Waals surface area contributed by atoms with Gasteiger partial charge in [0.15, 0.2) is 0 Å². The van der Waals surface area contributed by atoms with Crippen molar-refractivity contribution in [1.82, 2.24) is 4.90 Å². The van der Waals surface area contributed by atoms with Crippen molar-refractivity contribution in [2.24, 2.45) is 5.73 Å². The maximum atomic E-state index is 13.9. The van der Waals surface area contributed by atoms with E-state index in [1.165, 1.54) is 12.0 Å². The monoisotopic (exact) mass is 499 g/mol. The van der Waals surface area contributed by atoms with Crippen LogP contribution in [0.3, 0.4) is 0 Å². The average Bonchev–Trinajstić information content (AvgIpc) is 2.82. The molecule has 176 valence electrons. The van der Waals surface area contributed by atoms with Crippen LogP contribution in [-0.4, -0.2) is 48.6 Å². The third kappa shape index (κ3) is 5.42. The number of hydrogen-bond acceptors (Lipinski definition) is 5. The second kappa shape index (κ2) is 11.2. The smallest absolute Gasteiger partial charge is 0.258 e. The Morgan fingerprint density at radius 2 is 1.91 bits per heavy atom. The number of aliphatic hydroxyl groups is 1. The Labute approximate surface area is 207 Å². The zero-order chi connectivity index (χ0) is 24.8. The number of fused-ring (bicyclic) bond motifs is 1. The molecular weight excluding hydrogens is 477 g/mol. The van der Waals surface area contributed by atoms with Gasteiger partial charge in [-0.1, -0.05) is 53.5 Å². The lowest BCUT2D eigenvalue weighted by molar-refractivity contribution is -0.118. The number of nitriles is 1. The van der Waals surface area contributed by atoms with Gasteiger partial charge in [-0.25, -0.2) is 0 Å². The summed E-state index contributed by atoms with van der Waals surface area (Å²) in [7, 11) is 1.38. The lowest BCUT2D eigenvalue weighted by Gasteiger charge is -2.28. The number of carbonyl (C=O) groups excluding carboxylic acids is 2. The van der Waals surface area contributed by atoms with Gasteiger partial charge in [0.25, 0.3) is 5.91 Å². The number of nitrogens with zero attached hydrogens (tertiary/aromatic N) is 2. The standard InChI is InChI=1S/C25H23Cl2N3O4/c1-34-24-18(12-28)10-16-4-2-3-5-19(16)23(24)25(33)30(14-22(29)32)13-17(8-9-31)15-6-7-20(26)21(27)11-15/h2-7,10-11,17,31H,8-9,13-14H2,1H3,(H2,29,32)/t17-/m1/s1. The summed E-state index contributed by atoms with van der Waals surface area (Å²) in [5.41, 5.74) is 6.58. The Morgan fingerprint density at radius 1 is 1.18 bits per heavy atom. The van der Waals surface area contributed by atoms with Crippen LogP contribution in [0.15, 0.2) is 48.5 Å². The van der Waals surface area contributed by atoms with Gasteiger partial charge in [-0.15, -0.1) is 0 Å². The van der Waals surface area contributed by atoms with Crippen LogP contribution in [0.25, 0.3) is 10.8 Å². The molecule has 0 aromatic heterocycles. The van der Waals surface area contributed by atoms with E-state index >= 15 is 0 Å². The summed E-state index contributed by atoms with van der Waals surface area (Å²) in [5, 5.41) is 21.3. The first kappa shape index (κ1) is 25.3. The van der Waals surface area contributed by atoms with Crippen LogP contribution in [-0.2, 0) is 4.79 Å². The number of nitrogens with two attached hydrogens (primary N) is 1. The molecule has 0 aliphatic heterocycles. The average molecular weight is 500 g/mol. The zero-order valence-corrected chi connectivity index (χ0v) is 19.9. The van der Waals surface area contributed by atoms with Crippen LogP contribution in [0, 0.1) is 11.3 Å². The van der Waals surface area contributed by atoms with E-state index in [2.05, 4.69) is 6.07 Å². The van der Waals surface area contributed by atoms with Crippen LogP contribution in [0.1, 0.15) is 33.8 Å². The molecule has 3 aromatic rings. The lowest BCUT2D eigenvalue weighted by Crippen LogP contribution is -2.41. The Balaban J connectivity index is 2.12. The van der Waals surface area contributed by atoms with E-state index in [4.69, 9.17) is 33.7 Å². The maximum absolute atomic E-state index is 13.9. The van der Waals surface area contributed by atoms with Gasteiger partial charge in [0, 0.05) is 19.1 Å². The maximum Gasteiger partial charge on any atom is 0.258 e. The highest BCUT2D eigenvalue weighted by Gasteiger charge is 2.28. The molecule has 34 heavy (non-hydrogen) atoms. The number of methoxy groups -OCH3 is 1. The second-order valence-corrected chi connectivity index (χ2v) is 8.51. The molecule has 0 aliphatic carbocycles. The van der Waals surface area contributed by atoms with Crippen molar-refractivity contribution in [3.8, 4) is 11.8 Å². The molecule has 3 rings (SSSR count). The molecule has 0 fully saturated rings. The summed E-state index contributed by atoms with van der Waals surface area (Å²) < 4.78 is 5.46. The van der Waals surface area contributed by atoms with E-state index in [0.29, 0.717) is 27.2 Å². The molecule has 0 heterocycles. The highest BCUT2D eigenvalue weighted by molar-refractivity contribution is 6.42. The van der Waals surface area contributed by atoms with Gasteiger partial charge in [-0.2, -0.15) is 5.26 Å². The first-order valence-electron chi connectivity index (χ1n) is 10.4. The molecule has 0 spiro atoms. The van der Waals surface area contributed by atoms with Crippen LogP contribution in [0.4, 0.5) is 0 Å². The lowest BCUT2D eigenvalue weighted by atomic mass is 9.94. The molecule has 0 aliphatic rings. The fraction of sp³-hybridized carbons (Fsp3) is 0.240. The van der Waals surface area contributed by atoms with Gasteiger partial charge in [-0.3, -0.25) is 9.59 Å². The van der Waals surface area contributed by atoms with Gasteiger partial charge in [0.2, 0.25) is 5.91 Å². The first-order chi connectivity index (χ1) is 16.3. The third-order valence-corrected chi connectivity index (χ3v) is 6.25. The molecule has 9 heteroatoms. The number of ether oxygens (including phenoxy) is 1. The molecule has 3 N–H and O–H groups in total. The van der Waals surface area contributed by atoms with Gasteiger partial charge < -0.3 is 20.5 Å². The molecule has 0 saturated carbocycles. The zero-order valence-electron chi connectivity index (χ0n) is 18.4. The summed E-state index contributed by atoms with van der Waals surface area (Å²) in [4.78, 5) is 27.1. The number of amides is 2. The largest absolute Gasteiger partial charge is 0.495 e. The van der Waals surface area contributed by atoms with Crippen LogP contribution >= 0.6 is 23.2 Å². The number of hydrogen-bond donors (Lipinski definition) is 2. The highest BCUT2D eigenvalue weighted by atomic mass is 35.5. The topological polar surface area (TPSA) is 117 Å². The number of primary amides is 1. The molecular formula is C25H23Cl2N3O4. The fourth-order valence-corrected chi connectivity index (χ4v) is 4.26. The molecule has 0 unspecified atom stereocenters. The highest BCUT2D eigenvalue weighted by Crippen LogP contribution is 2.34. The van der Waals surface area contributed by atoms with Crippen molar-refractivity contribution in [3.05, 3.63) is 75.3 Å². The molecule has 2 amide bonds. The van der Waals surface area contributed by atoms with Crippen molar-refractivity contribution in [2.75, 3.05) is 26.8 Å². The van der Waals surface area contributed by atoms with Crippen molar-refractivity contribution in [1.29, 1.82) is 5.26 Å². The Hall–Kier alpha value is -3.31. The number of halogens is 2. The summed E-state index contributed by atoms with van der Waals surface area (Å²) in [6.45, 7) is -0.454. The molecule has 0 radical (unpaired) electrons. The van der Waals surface area contributed by atoms with Gasteiger partial charge in [0.1, 0.15) is 11.8 Å². The Kier molecular flexibility index (Phi) is 8.35. The Bertz CT molecular complexity index is 1270. The predicted molar refractivity (Wildman–Crippen MR) is 131 cm³/mol. The second-order valence-electron chi connectivity index (χ2n) is 7.70. The van der Waals surface area contributed by atoms with Gasteiger partial charge >= 0.3 is 0 Å². The van der Waals surface area contributed by atoms with E-state index in [9.17, 15) is 20.0 Å². The summed E-state index contributed by atoms with van der Waals surface area (Å²) in [6, 6.07) is 15.9. The minimum absolute atomic E-state index is 0.0640. The van der Waals surface area contributed by atoms with Gasteiger partial charge in [0.05, 0.1) is 34.8 Å². The van der Waals surface area contributed by atoms with E-state index in [-0.39, 0.29) is 42.5 Å². The van der Waals surface area contributed by atoms with Crippen molar-refractivity contribution in [2.45, 2.75) is 12.3 Å². The van der Waals surface area contributed by atoms with Crippen LogP contribution in [0.2, 0.25) is 10.0 Å². The van der Waals surface area contributed by atoms with Crippen molar-refractivity contribution in [3.63, 3.8) is 0 Å². The van der Waals surface area contributed by atoms with Gasteiger partial charge in [-0.05, 0) is 41.0 Å². The predicted octanol–water partition coefficient (Wildman–Crippen LogP) is 4.12.